The molecule has 0 bridgehead atoms. The number of benzene rings is 2. The summed E-state index contributed by atoms with van der Waals surface area (Å²) in [5, 5.41) is 13.1. The quantitative estimate of drug-likeness (QED) is 0.500. The predicted octanol–water partition coefficient (Wildman–Crippen LogP) is 3.78. The van der Waals surface area contributed by atoms with E-state index in [-0.39, 0.29) is 5.56 Å². The van der Waals surface area contributed by atoms with E-state index in [1.54, 1.807) is 43.7 Å². The van der Waals surface area contributed by atoms with Gasteiger partial charge in [-0.15, -0.1) is 0 Å². The summed E-state index contributed by atoms with van der Waals surface area (Å²) in [6.07, 6.45) is 1.59. The zero-order chi connectivity index (χ0) is 18.4. The Morgan fingerprint density at radius 1 is 1.15 bits per heavy atom. The number of carboxylic acid groups (broad SMARTS) is 1. The van der Waals surface area contributed by atoms with Gasteiger partial charge in [0.05, 0.1) is 25.4 Å². The molecule has 0 atom stereocenters. The van der Waals surface area contributed by atoms with Gasteiger partial charge < -0.3 is 19.7 Å². The Bertz CT molecular complexity index is 914. The average molecular weight is 350 g/mol. The third-order valence-corrected chi connectivity index (χ3v) is 3.79. The smallest absolute Gasteiger partial charge is 0.335 e. The highest BCUT2D eigenvalue weighted by atomic mass is 16.5. The third kappa shape index (κ3) is 4.10. The van der Waals surface area contributed by atoms with Gasteiger partial charge in [0.1, 0.15) is 17.3 Å². The molecule has 2 aromatic carbocycles. The molecular formula is C20H18N2O4. The Hall–Kier alpha value is -3.54. The second-order valence-corrected chi connectivity index (χ2v) is 5.49. The van der Waals surface area contributed by atoms with Crippen LogP contribution in [0.25, 0.3) is 11.3 Å². The molecule has 6 heteroatoms. The number of nitrogens with zero attached hydrogens (tertiary/aromatic N) is 1. The maximum absolute atomic E-state index is 10.9. The third-order valence-electron chi connectivity index (χ3n) is 3.79. The molecule has 132 valence electrons. The van der Waals surface area contributed by atoms with Gasteiger partial charge in [-0.3, -0.25) is 0 Å². The highest BCUT2D eigenvalue weighted by Crippen LogP contribution is 2.22. The van der Waals surface area contributed by atoms with Crippen LogP contribution in [-0.2, 0) is 6.54 Å². The largest absolute Gasteiger partial charge is 0.496 e. The van der Waals surface area contributed by atoms with Crippen LogP contribution < -0.4 is 10.2 Å². The maximum atomic E-state index is 10.9. The number of hydrogen-bond donors (Lipinski definition) is 2. The van der Waals surface area contributed by atoms with Crippen LogP contribution in [0.4, 0.5) is 0 Å². The Balaban J connectivity index is 1.61. The van der Waals surface area contributed by atoms with Crippen molar-refractivity contribution in [2.45, 2.75) is 6.54 Å². The highest BCUT2D eigenvalue weighted by molar-refractivity contribution is 5.88. The molecule has 0 aliphatic carbocycles. The molecule has 6 nitrogen and oxygen atoms in total. The lowest BCUT2D eigenvalue weighted by atomic mass is 10.1. The summed E-state index contributed by atoms with van der Waals surface area (Å²) in [5.41, 5.74) is 5.00. The molecule has 0 saturated heterocycles. The summed E-state index contributed by atoms with van der Waals surface area (Å²) >= 11 is 0. The molecule has 1 aromatic heterocycles. The van der Waals surface area contributed by atoms with E-state index in [4.69, 9.17) is 14.3 Å². The zero-order valence-corrected chi connectivity index (χ0v) is 14.2. The van der Waals surface area contributed by atoms with E-state index in [1.807, 2.05) is 30.3 Å². The zero-order valence-electron chi connectivity index (χ0n) is 14.2. The van der Waals surface area contributed by atoms with E-state index in [9.17, 15) is 4.79 Å². The molecule has 0 radical (unpaired) electrons. The number of hydrazone groups is 1. The summed E-state index contributed by atoms with van der Waals surface area (Å²) in [6, 6.07) is 17.9. The maximum Gasteiger partial charge on any atom is 0.335 e. The molecule has 0 amide bonds. The van der Waals surface area contributed by atoms with Crippen LogP contribution in [0.3, 0.4) is 0 Å². The number of ether oxygens (including phenoxy) is 1. The monoisotopic (exact) mass is 350 g/mol. The number of para-hydroxylation sites is 1. The van der Waals surface area contributed by atoms with Gasteiger partial charge in [-0.1, -0.05) is 30.3 Å². The molecule has 0 spiro atoms. The van der Waals surface area contributed by atoms with Crippen molar-refractivity contribution in [2.75, 3.05) is 7.11 Å². The van der Waals surface area contributed by atoms with Crippen molar-refractivity contribution >= 4 is 12.2 Å². The van der Waals surface area contributed by atoms with E-state index in [0.29, 0.717) is 18.1 Å². The van der Waals surface area contributed by atoms with Crippen molar-refractivity contribution < 1.29 is 19.1 Å². The summed E-state index contributed by atoms with van der Waals surface area (Å²) in [5.74, 6) is 1.09. The lowest BCUT2D eigenvalue weighted by Crippen LogP contribution is -2.06. The minimum atomic E-state index is -0.954. The van der Waals surface area contributed by atoms with Gasteiger partial charge in [-0.25, -0.2) is 4.79 Å². The van der Waals surface area contributed by atoms with Gasteiger partial charge in [-0.05, 0) is 30.3 Å². The fraction of sp³-hybridized carbons (Fsp3) is 0.100. The minimum absolute atomic E-state index is 0.239. The van der Waals surface area contributed by atoms with Crippen molar-refractivity contribution in [3.63, 3.8) is 0 Å². The first-order valence-corrected chi connectivity index (χ1v) is 7.99. The number of rotatable bonds is 7. The molecule has 26 heavy (non-hydrogen) atoms. The Kier molecular flexibility index (Phi) is 5.34. The van der Waals surface area contributed by atoms with Gasteiger partial charge in [0.25, 0.3) is 0 Å². The van der Waals surface area contributed by atoms with Crippen LogP contribution in [0, 0.1) is 0 Å². The van der Waals surface area contributed by atoms with Crippen molar-refractivity contribution in [3.8, 4) is 17.1 Å². The van der Waals surface area contributed by atoms with E-state index >= 15 is 0 Å². The van der Waals surface area contributed by atoms with Crippen LogP contribution in [0.2, 0.25) is 0 Å². The fourth-order valence-electron chi connectivity index (χ4n) is 2.44. The first-order valence-electron chi connectivity index (χ1n) is 7.99. The van der Waals surface area contributed by atoms with Crippen LogP contribution in [0.15, 0.2) is 70.2 Å². The highest BCUT2D eigenvalue weighted by Gasteiger charge is 2.06. The number of nitrogens with one attached hydrogen (secondary N) is 1. The van der Waals surface area contributed by atoms with Crippen molar-refractivity contribution in [3.05, 3.63) is 77.6 Å². The Labute approximate surface area is 150 Å². The number of carboxylic acids is 1. The first kappa shape index (κ1) is 17.3. The van der Waals surface area contributed by atoms with Gasteiger partial charge in [0.15, 0.2) is 0 Å². The summed E-state index contributed by atoms with van der Waals surface area (Å²) in [6.45, 7) is 0.532. The Morgan fingerprint density at radius 3 is 2.65 bits per heavy atom. The number of hydrogen-bond acceptors (Lipinski definition) is 5. The van der Waals surface area contributed by atoms with Gasteiger partial charge >= 0.3 is 5.97 Å². The van der Waals surface area contributed by atoms with E-state index in [0.717, 1.165) is 16.9 Å². The van der Waals surface area contributed by atoms with Crippen LogP contribution in [0.1, 0.15) is 21.7 Å². The number of methoxy groups -OCH3 is 1. The van der Waals surface area contributed by atoms with Gasteiger partial charge in [0, 0.05) is 11.1 Å². The summed E-state index contributed by atoms with van der Waals surface area (Å²) in [7, 11) is 1.63. The van der Waals surface area contributed by atoms with E-state index < -0.39 is 5.97 Å². The molecule has 0 aliphatic rings. The topological polar surface area (TPSA) is 84.1 Å². The van der Waals surface area contributed by atoms with Gasteiger partial charge in [-0.2, -0.15) is 5.10 Å². The normalized spacial score (nSPS) is 10.8. The molecule has 0 unspecified atom stereocenters. The minimum Gasteiger partial charge on any atom is -0.496 e. The molecule has 3 aromatic rings. The lowest BCUT2D eigenvalue weighted by Gasteiger charge is -2.06. The van der Waals surface area contributed by atoms with Crippen molar-refractivity contribution in [1.82, 2.24) is 5.43 Å². The molecule has 3 rings (SSSR count). The van der Waals surface area contributed by atoms with E-state index in [2.05, 4.69) is 10.5 Å². The molecule has 0 fully saturated rings. The molecule has 1 heterocycles. The van der Waals surface area contributed by atoms with Gasteiger partial charge in [0.2, 0.25) is 0 Å². The standard InChI is InChI=1S/C20H18N2O4/c1-25-18-5-3-2-4-16(18)12-21-22-13-17-10-11-19(26-17)14-6-8-15(9-7-14)20(23)24/h2-11,13,21H,12H2,1H3,(H,23,24)/b22-13+. The molecule has 0 aliphatic heterocycles. The second-order valence-electron chi connectivity index (χ2n) is 5.49. The number of carbonyl (C=O) groups is 1. The van der Waals surface area contributed by atoms with Crippen LogP contribution in [0.5, 0.6) is 5.75 Å². The number of aromatic carboxylic acids is 1. The van der Waals surface area contributed by atoms with Crippen molar-refractivity contribution in [2.24, 2.45) is 5.10 Å². The SMILES string of the molecule is COc1ccccc1CN/N=C/c1ccc(-c2ccc(C(=O)O)cc2)o1. The molecular weight excluding hydrogens is 332 g/mol. The molecule has 0 saturated carbocycles. The van der Waals surface area contributed by atoms with Crippen molar-refractivity contribution in [1.29, 1.82) is 0 Å². The number of furan rings is 1. The average Bonchev–Trinajstić information content (AvgIpc) is 3.14. The predicted molar refractivity (Wildman–Crippen MR) is 98.5 cm³/mol. The first-order chi connectivity index (χ1) is 12.7. The van der Waals surface area contributed by atoms with E-state index in [1.165, 1.54) is 0 Å². The molecule has 2 N–H and O–H groups in total. The summed E-state index contributed by atoms with van der Waals surface area (Å²) < 4.78 is 11.0. The lowest BCUT2D eigenvalue weighted by molar-refractivity contribution is 0.0697. The Morgan fingerprint density at radius 2 is 1.92 bits per heavy atom. The fourth-order valence-corrected chi connectivity index (χ4v) is 2.44. The summed E-state index contributed by atoms with van der Waals surface area (Å²) in [4.78, 5) is 10.9. The second kappa shape index (κ2) is 8.02. The van der Waals surface area contributed by atoms with Crippen LogP contribution in [-0.4, -0.2) is 24.4 Å². The van der Waals surface area contributed by atoms with Crippen LogP contribution >= 0.6 is 0 Å².